The SMILES string of the molecule is NCc1ccc2[c]nccc2c1. The third-order valence-corrected chi connectivity index (χ3v) is 1.87. The van der Waals surface area contributed by atoms with Gasteiger partial charge in [-0.05, 0) is 23.1 Å². The van der Waals surface area contributed by atoms with E-state index in [2.05, 4.69) is 17.2 Å². The molecule has 0 atom stereocenters. The largest absolute Gasteiger partial charge is 0.326 e. The number of hydrogen-bond donors (Lipinski definition) is 1. The van der Waals surface area contributed by atoms with E-state index in [0.717, 1.165) is 16.3 Å². The second-order valence-corrected chi connectivity index (χ2v) is 2.68. The second kappa shape index (κ2) is 2.91. The fourth-order valence-electron chi connectivity index (χ4n) is 1.20. The van der Waals surface area contributed by atoms with Crippen molar-refractivity contribution in [1.29, 1.82) is 0 Å². The highest BCUT2D eigenvalue weighted by Gasteiger charge is 1.93. The molecule has 0 saturated carbocycles. The zero-order chi connectivity index (χ0) is 8.39. The van der Waals surface area contributed by atoms with Gasteiger partial charge >= 0.3 is 0 Å². The van der Waals surface area contributed by atoms with Gasteiger partial charge in [0.15, 0.2) is 0 Å². The van der Waals surface area contributed by atoms with Crippen molar-refractivity contribution in [2.24, 2.45) is 5.73 Å². The summed E-state index contributed by atoms with van der Waals surface area (Å²) in [7, 11) is 0. The lowest BCUT2D eigenvalue weighted by molar-refractivity contribution is 1.08. The number of pyridine rings is 1. The molecule has 2 nitrogen and oxygen atoms in total. The van der Waals surface area contributed by atoms with Crippen LogP contribution in [0.1, 0.15) is 5.56 Å². The summed E-state index contributed by atoms with van der Waals surface area (Å²) >= 11 is 0. The molecular weight excluding hydrogens is 148 g/mol. The molecule has 2 aromatic rings. The van der Waals surface area contributed by atoms with Crippen molar-refractivity contribution < 1.29 is 0 Å². The first-order valence-corrected chi connectivity index (χ1v) is 3.85. The summed E-state index contributed by atoms with van der Waals surface area (Å²) in [5.41, 5.74) is 6.66. The van der Waals surface area contributed by atoms with Crippen LogP contribution in [0.3, 0.4) is 0 Å². The standard InChI is InChI=1S/C10H9N2/c11-6-8-1-2-10-7-12-4-3-9(10)5-8/h1-5H,6,11H2. The fraction of sp³-hybridized carbons (Fsp3) is 0.100. The molecule has 1 radical (unpaired) electrons. The van der Waals surface area contributed by atoms with Crippen molar-refractivity contribution in [3.8, 4) is 0 Å². The van der Waals surface area contributed by atoms with Gasteiger partial charge in [-0.1, -0.05) is 12.1 Å². The molecule has 2 heteroatoms. The normalized spacial score (nSPS) is 10.4. The Bertz CT molecular complexity index is 396. The summed E-state index contributed by atoms with van der Waals surface area (Å²) < 4.78 is 0. The van der Waals surface area contributed by atoms with Crippen LogP contribution in [0, 0.1) is 6.20 Å². The minimum Gasteiger partial charge on any atom is -0.326 e. The molecule has 2 rings (SSSR count). The number of nitrogens with zero attached hydrogens (tertiary/aromatic N) is 1. The lowest BCUT2D eigenvalue weighted by atomic mass is 10.1. The third-order valence-electron chi connectivity index (χ3n) is 1.87. The van der Waals surface area contributed by atoms with Crippen LogP contribution in [-0.4, -0.2) is 4.98 Å². The van der Waals surface area contributed by atoms with Gasteiger partial charge in [0.25, 0.3) is 0 Å². The van der Waals surface area contributed by atoms with E-state index in [0.29, 0.717) is 6.54 Å². The molecule has 1 aromatic carbocycles. The summed E-state index contributed by atoms with van der Waals surface area (Å²) in [6, 6.07) is 8.02. The zero-order valence-corrected chi connectivity index (χ0v) is 6.62. The highest BCUT2D eigenvalue weighted by Crippen LogP contribution is 2.13. The van der Waals surface area contributed by atoms with Crippen molar-refractivity contribution in [1.82, 2.24) is 4.98 Å². The highest BCUT2D eigenvalue weighted by atomic mass is 14.6. The van der Waals surface area contributed by atoms with E-state index in [1.54, 1.807) is 6.20 Å². The lowest BCUT2D eigenvalue weighted by Crippen LogP contribution is -1.95. The Morgan fingerprint density at radius 3 is 3.08 bits per heavy atom. The Hall–Kier alpha value is -1.41. The number of hydrogen-bond acceptors (Lipinski definition) is 2. The molecule has 1 heterocycles. The maximum atomic E-state index is 5.52. The van der Waals surface area contributed by atoms with Crippen molar-refractivity contribution in [2.75, 3.05) is 0 Å². The highest BCUT2D eigenvalue weighted by molar-refractivity contribution is 5.81. The lowest BCUT2D eigenvalue weighted by Gasteiger charge is -1.98. The van der Waals surface area contributed by atoms with Gasteiger partial charge in [0.1, 0.15) is 0 Å². The number of aromatic nitrogens is 1. The summed E-state index contributed by atoms with van der Waals surface area (Å²) in [6.45, 7) is 0.582. The van der Waals surface area contributed by atoms with Crippen LogP contribution >= 0.6 is 0 Å². The van der Waals surface area contributed by atoms with Gasteiger partial charge in [-0.3, -0.25) is 4.98 Å². The molecule has 12 heavy (non-hydrogen) atoms. The van der Waals surface area contributed by atoms with E-state index in [9.17, 15) is 0 Å². The predicted molar refractivity (Wildman–Crippen MR) is 48.5 cm³/mol. The molecule has 0 spiro atoms. The third kappa shape index (κ3) is 1.17. The topological polar surface area (TPSA) is 38.9 Å². The summed E-state index contributed by atoms with van der Waals surface area (Å²) in [5, 5.41) is 2.18. The van der Waals surface area contributed by atoms with Gasteiger partial charge in [0.05, 0.1) is 6.20 Å². The van der Waals surface area contributed by atoms with Crippen molar-refractivity contribution in [3.63, 3.8) is 0 Å². The van der Waals surface area contributed by atoms with Crippen LogP contribution in [0.25, 0.3) is 10.8 Å². The fourth-order valence-corrected chi connectivity index (χ4v) is 1.20. The molecule has 0 unspecified atom stereocenters. The number of nitrogens with two attached hydrogens (primary N) is 1. The first-order chi connectivity index (χ1) is 5.90. The van der Waals surface area contributed by atoms with Crippen LogP contribution in [-0.2, 0) is 6.54 Å². The first-order valence-electron chi connectivity index (χ1n) is 3.85. The predicted octanol–water partition coefficient (Wildman–Crippen LogP) is 1.49. The van der Waals surface area contributed by atoms with E-state index < -0.39 is 0 Å². The minimum atomic E-state index is 0.582. The van der Waals surface area contributed by atoms with Crippen molar-refractivity contribution >= 4 is 10.8 Å². The Balaban J connectivity index is 2.67. The number of fused-ring (bicyclic) bond motifs is 1. The van der Waals surface area contributed by atoms with Gasteiger partial charge in [0, 0.05) is 18.1 Å². The average molecular weight is 157 g/mol. The average Bonchev–Trinajstić information content (AvgIpc) is 2.17. The Morgan fingerprint density at radius 1 is 1.33 bits per heavy atom. The molecule has 59 valence electrons. The van der Waals surface area contributed by atoms with Crippen LogP contribution in [0.2, 0.25) is 0 Å². The van der Waals surface area contributed by atoms with E-state index >= 15 is 0 Å². The quantitative estimate of drug-likeness (QED) is 0.681. The van der Waals surface area contributed by atoms with Gasteiger partial charge in [-0.15, -0.1) is 0 Å². The van der Waals surface area contributed by atoms with E-state index in [4.69, 9.17) is 5.73 Å². The molecule has 0 saturated heterocycles. The van der Waals surface area contributed by atoms with E-state index in [1.165, 1.54) is 0 Å². The van der Waals surface area contributed by atoms with Crippen LogP contribution < -0.4 is 5.73 Å². The Kier molecular flexibility index (Phi) is 1.76. The molecule has 0 bridgehead atoms. The van der Waals surface area contributed by atoms with Crippen LogP contribution in [0.5, 0.6) is 0 Å². The van der Waals surface area contributed by atoms with Crippen molar-refractivity contribution in [2.45, 2.75) is 6.54 Å². The molecule has 0 aliphatic heterocycles. The first kappa shape index (κ1) is 7.25. The van der Waals surface area contributed by atoms with Crippen molar-refractivity contribution in [3.05, 3.63) is 42.2 Å². The Labute approximate surface area is 71.0 Å². The monoisotopic (exact) mass is 157 g/mol. The van der Waals surface area contributed by atoms with E-state index in [-0.39, 0.29) is 0 Å². The maximum Gasteiger partial charge on any atom is 0.0970 e. The smallest absolute Gasteiger partial charge is 0.0970 e. The molecule has 0 aliphatic carbocycles. The Morgan fingerprint density at radius 2 is 2.25 bits per heavy atom. The van der Waals surface area contributed by atoms with Gasteiger partial charge in [0.2, 0.25) is 0 Å². The van der Waals surface area contributed by atoms with Crippen LogP contribution in [0.4, 0.5) is 0 Å². The molecule has 0 aliphatic rings. The minimum absolute atomic E-state index is 0.582. The van der Waals surface area contributed by atoms with Gasteiger partial charge in [-0.25, -0.2) is 0 Å². The molecular formula is C10H9N2. The summed E-state index contributed by atoms with van der Waals surface area (Å²) in [4.78, 5) is 3.91. The van der Waals surface area contributed by atoms with Gasteiger partial charge in [-0.2, -0.15) is 0 Å². The summed E-state index contributed by atoms with van der Waals surface area (Å²) in [6.07, 6.45) is 4.65. The molecule has 0 amide bonds. The number of rotatable bonds is 1. The van der Waals surface area contributed by atoms with Gasteiger partial charge < -0.3 is 5.73 Å². The molecule has 2 N–H and O–H groups in total. The zero-order valence-electron chi connectivity index (χ0n) is 6.62. The second-order valence-electron chi connectivity index (χ2n) is 2.68. The summed E-state index contributed by atoms with van der Waals surface area (Å²) in [5.74, 6) is 0. The van der Waals surface area contributed by atoms with E-state index in [1.807, 2.05) is 18.2 Å². The van der Waals surface area contributed by atoms with Crippen LogP contribution in [0.15, 0.2) is 30.5 Å². The maximum absolute atomic E-state index is 5.52. The molecule has 0 fully saturated rings. The number of benzene rings is 1. The molecule has 1 aromatic heterocycles.